The van der Waals surface area contributed by atoms with Crippen LogP contribution in [0.1, 0.15) is 45.4 Å². The highest BCUT2D eigenvalue weighted by molar-refractivity contribution is 5.10. The minimum absolute atomic E-state index is 1.03. The van der Waals surface area contributed by atoms with Gasteiger partial charge in [-0.25, -0.2) is 0 Å². The predicted octanol–water partition coefficient (Wildman–Crippen LogP) is 4.85. The Morgan fingerprint density at radius 1 is 0.857 bits per heavy atom. The van der Waals surface area contributed by atoms with Crippen LogP contribution in [0.2, 0.25) is 0 Å². The molecule has 0 bridgehead atoms. The van der Waals surface area contributed by atoms with Gasteiger partial charge in [-0.3, -0.25) is 0 Å². The van der Waals surface area contributed by atoms with Gasteiger partial charge in [-0.1, -0.05) is 69.6 Å². The molecule has 79 valence electrons. The van der Waals surface area contributed by atoms with Crippen LogP contribution in [0.15, 0.2) is 36.5 Å². The zero-order chi connectivity index (χ0) is 10.5. The third kappa shape index (κ3) is 11.2. The lowest BCUT2D eigenvalue weighted by molar-refractivity contribution is 0.815. The Hall–Kier alpha value is -0.780. The van der Waals surface area contributed by atoms with Crippen LogP contribution in [-0.2, 0) is 0 Å². The highest BCUT2D eigenvalue weighted by Crippen LogP contribution is 1.96. The van der Waals surface area contributed by atoms with Crippen molar-refractivity contribution in [3.8, 4) is 0 Å². The first kappa shape index (κ1) is 13.2. The van der Waals surface area contributed by atoms with Crippen LogP contribution in [0.4, 0.5) is 0 Å². The summed E-state index contributed by atoms with van der Waals surface area (Å²) in [5, 5.41) is 0. The van der Waals surface area contributed by atoms with E-state index in [9.17, 15) is 0 Å². The largest absolute Gasteiger partial charge is 0.0845 e. The number of rotatable bonds is 8. The Bertz CT molecular complexity index is 152. The maximum absolute atomic E-state index is 3.80. The first-order valence-corrected chi connectivity index (χ1v) is 5.69. The summed E-state index contributed by atoms with van der Waals surface area (Å²) in [5.74, 6) is 0. The summed E-state index contributed by atoms with van der Waals surface area (Å²) in [7, 11) is 0. The van der Waals surface area contributed by atoms with Crippen LogP contribution in [-0.4, -0.2) is 0 Å². The first-order valence-electron chi connectivity index (χ1n) is 5.69. The standard InChI is InChI=1S/C14H23/c1-3-5-7-9-11-13-14-12-10-8-6-4-2/h9-14H,1,3-8H2,2H3. The van der Waals surface area contributed by atoms with Gasteiger partial charge in [0.25, 0.3) is 0 Å². The maximum atomic E-state index is 3.80. The summed E-state index contributed by atoms with van der Waals surface area (Å²) in [4.78, 5) is 0. The molecule has 0 aromatic heterocycles. The molecule has 0 heteroatoms. The van der Waals surface area contributed by atoms with Crippen LogP contribution >= 0.6 is 0 Å². The van der Waals surface area contributed by atoms with Crippen LogP contribution in [0, 0.1) is 6.92 Å². The first-order chi connectivity index (χ1) is 6.91. The monoisotopic (exact) mass is 191 g/mol. The zero-order valence-corrected chi connectivity index (χ0v) is 9.41. The second-order valence-electron chi connectivity index (χ2n) is 3.38. The molecular weight excluding hydrogens is 168 g/mol. The Morgan fingerprint density at radius 3 is 1.93 bits per heavy atom. The Kier molecular flexibility index (Phi) is 11.5. The van der Waals surface area contributed by atoms with Gasteiger partial charge in [0.1, 0.15) is 0 Å². The predicted molar refractivity (Wildman–Crippen MR) is 66.2 cm³/mol. The molecule has 0 aromatic rings. The van der Waals surface area contributed by atoms with Gasteiger partial charge in [0.15, 0.2) is 0 Å². The van der Waals surface area contributed by atoms with E-state index in [1.807, 2.05) is 0 Å². The SMILES string of the molecule is [CH2]CCCC=CC=CC=CCCCC. The molecule has 0 unspecified atom stereocenters. The number of unbranched alkanes of at least 4 members (excludes halogenated alkanes) is 4. The van der Waals surface area contributed by atoms with Gasteiger partial charge in [0.05, 0.1) is 0 Å². The summed E-state index contributed by atoms with van der Waals surface area (Å²) in [5.41, 5.74) is 0. The van der Waals surface area contributed by atoms with Crippen LogP contribution < -0.4 is 0 Å². The van der Waals surface area contributed by atoms with Gasteiger partial charge in [-0.05, 0) is 19.3 Å². The molecule has 0 atom stereocenters. The van der Waals surface area contributed by atoms with E-state index in [0.29, 0.717) is 0 Å². The van der Waals surface area contributed by atoms with Crippen molar-refractivity contribution in [1.82, 2.24) is 0 Å². The third-order valence-electron chi connectivity index (χ3n) is 1.95. The minimum Gasteiger partial charge on any atom is -0.0845 e. The molecule has 1 radical (unpaired) electrons. The van der Waals surface area contributed by atoms with Gasteiger partial charge < -0.3 is 0 Å². The number of allylic oxidation sites excluding steroid dienone is 6. The maximum Gasteiger partial charge on any atom is -0.0348 e. The number of hydrogen-bond donors (Lipinski definition) is 0. The van der Waals surface area contributed by atoms with E-state index < -0.39 is 0 Å². The second kappa shape index (κ2) is 12.2. The molecule has 0 spiro atoms. The van der Waals surface area contributed by atoms with Gasteiger partial charge in [0, 0.05) is 0 Å². The molecule has 0 rings (SSSR count). The van der Waals surface area contributed by atoms with Crippen LogP contribution in [0.5, 0.6) is 0 Å². The number of hydrogen-bond acceptors (Lipinski definition) is 0. The molecular formula is C14H23. The molecule has 0 aromatic carbocycles. The summed E-state index contributed by atoms with van der Waals surface area (Å²) in [6, 6.07) is 0. The van der Waals surface area contributed by atoms with E-state index >= 15 is 0 Å². The van der Waals surface area contributed by atoms with Gasteiger partial charge in [0.2, 0.25) is 0 Å². The van der Waals surface area contributed by atoms with Crippen molar-refractivity contribution in [2.75, 3.05) is 0 Å². The van der Waals surface area contributed by atoms with Gasteiger partial charge in [-0.2, -0.15) is 0 Å². The van der Waals surface area contributed by atoms with Gasteiger partial charge in [-0.15, -0.1) is 0 Å². The highest BCUT2D eigenvalue weighted by Gasteiger charge is 1.76. The highest BCUT2D eigenvalue weighted by atomic mass is 13.8. The van der Waals surface area contributed by atoms with Crippen molar-refractivity contribution < 1.29 is 0 Å². The molecule has 14 heavy (non-hydrogen) atoms. The normalized spacial score (nSPS) is 12.4. The molecule has 0 fully saturated rings. The van der Waals surface area contributed by atoms with Crippen molar-refractivity contribution in [3.05, 3.63) is 43.4 Å². The lowest BCUT2D eigenvalue weighted by Gasteiger charge is -1.86. The van der Waals surface area contributed by atoms with E-state index in [4.69, 9.17) is 0 Å². The molecule has 0 saturated carbocycles. The molecule has 0 aliphatic carbocycles. The third-order valence-corrected chi connectivity index (χ3v) is 1.95. The molecule has 0 aliphatic rings. The molecule has 0 nitrogen and oxygen atoms in total. The van der Waals surface area contributed by atoms with E-state index in [1.54, 1.807) is 0 Å². The van der Waals surface area contributed by atoms with E-state index in [0.717, 1.165) is 12.8 Å². The molecule has 0 saturated heterocycles. The summed E-state index contributed by atoms with van der Waals surface area (Å²) < 4.78 is 0. The van der Waals surface area contributed by atoms with E-state index in [1.165, 1.54) is 25.7 Å². The molecule has 0 amide bonds. The topological polar surface area (TPSA) is 0 Å². The van der Waals surface area contributed by atoms with E-state index in [2.05, 4.69) is 50.3 Å². The molecule has 0 N–H and O–H groups in total. The van der Waals surface area contributed by atoms with Crippen molar-refractivity contribution in [2.24, 2.45) is 0 Å². The fourth-order valence-electron chi connectivity index (χ4n) is 1.06. The second-order valence-corrected chi connectivity index (χ2v) is 3.38. The Labute approximate surface area is 89.4 Å². The van der Waals surface area contributed by atoms with Crippen molar-refractivity contribution >= 4 is 0 Å². The van der Waals surface area contributed by atoms with Crippen molar-refractivity contribution in [1.29, 1.82) is 0 Å². The zero-order valence-electron chi connectivity index (χ0n) is 9.41. The van der Waals surface area contributed by atoms with Crippen LogP contribution in [0.25, 0.3) is 0 Å². The summed E-state index contributed by atoms with van der Waals surface area (Å²) in [6.07, 6.45) is 20.0. The van der Waals surface area contributed by atoms with Crippen molar-refractivity contribution in [2.45, 2.75) is 45.4 Å². The average molecular weight is 191 g/mol. The van der Waals surface area contributed by atoms with Crippen LogP contribution in [0.3, 0.4) is 0 Å². The lowest BCUT2D eigenvalue weighted by Crippen LogP contribution is -1.66. The summed E-state index contributed by atoms with van der Waals surface area (Å²) >= 11 is 0. The summed E-state index contributed by atoms with van der Waals surface area (Å²) in [6.45, 7) is 6.02. The Balaban J connectivity index is 3.33. The minimum atomic E-state index is 1.03. The lowest BCUT2D eigenvalue weighted by atomic mass is 10.2. The van der Waals surface area contributed by atoms with E-state index in [-0.39, 0.29) is 0 Å². The fraction of sp³-hybridized carbons (Fsp3) is 0.500. The smallest absolute Gasteiger partial charge is 0.0348 e. The average Bonchev–Trinajstić information content (AvgIpc) is 2.21. The Morgan fingerprint density at radius 2 is 1.43 bits per heavy atom. The van der Waals surface area contributed by atoms with Gasteiger partial charge >= 0.3 is 0 Å². The molecule has 0 aliphatic heterocycles. The van der Waals surface area contributed by atoms with Crippen molar-refractivity contribution in [3.63, 3.8) is 0 Å². The fourth-order valence-corrected chi connectivity index (χ4v) is 1.06. The molecule has 0 heterocycles. The quantitative estimate of drug-likeness (QED) is 0.380.